The van der Waals surface area contributed by atoms with E-state index >= 15 is 0 Å². The van der Waals surface area contributed by atoms with Crippen LogP contribution in [-0.2, 0) is 0 Å². The zero-order valence-corrected chi connectivity index (χ0v) is 11.6. The van der Waals surface area contributed by atoms with Crippen molar-refractivity contribution in [3.63, 3.8) is 0 Å². The first kappa shape index (κ1) is 14.1. The quantitative estimate of drug-likeness (QED) is 0.815. The van der Waals surface area contributed by atoms with Crippen LogP contribution >= 0.6 is 0 Å². The maximum atomic E-state index is 12.1. The smallest absolute Gasteiger partial charge is 0.336 e. The van der Waals surface area contributed by atoms with E-state index in [2.05, 4.69) is 11.4 Å². The van der Waals surface area contributed by atoms with Gasteiger partial charge < -0.3 is 15.3 Å². The summed E-state index contributed by atoms with van der Waals surface area (Å²) in [6.45, 7) is 5.02. The average Bonchev–Trinajstić information content (AvgIpc) is 2.40. The average molecular weight is 274 g/mol. The van der Waals surface area contributed by atoms with Gasteiger partial charge >= 0.3 is 12.0 Å². The summed E-state index contributed by atoms with van der Waals surface area (Å²) in [6, 6.07) is 4.70. The molecule has 1 aromatic rings. The van der Waals surface area contributed by atoms with Crippen molar-refractivity contribution in [1.82, 2.24) is 4.90 Å². The summed E-state index contributed by atoms with van der Waals surface area (Å²) in [5.74, 6) is -0.990. The molecule has 0 aliphatic carbocycles. The van der Waals surface area contributed by atoms with Crippen molar-refractivity contribution in [3.05, 3.63) is 41.0 Å². The molecule has 0 fully saturated rings. The van der Waals surface area contributed by atoms with Gasteiger partial charge in [0.05, 0.1) is 5.56 Å². The highest BCUT2D eigenvalue weighted by Gasteiger charge is 2.17. The normalized spacial score (nSPS) is 14.7. The Labute approximate surface area is 117 Å². The van der Waals surface area contributed by atoms with Crippen LogP contribution < -0.4 is 5.32 Å². The zero-order valence-electron chi connectivity index (χ0n) is 11.6. The van der Waals surface area contributed by atoms with E-state index in [1.807, 2.05) is 6.92 Å². The van der Waals surface area contributed by atoms with Crippen molar-refractivity contribution < 1.29 is 14.7 Å². The van der Waals surface area contributed by atoms with Crippen LogP contribution in [0.25, 0.3) is 0 Å². The van der Waals surface area contributed by atoms with Crippen LogP contribution in [0.5, 0.6) is 0 Å². The van der Waals surface area contributed by atoms with Gasteiger partial charge in [-0.2, -0.15) is 0 Å². The topological polar surface area (TPSA) is 69.6 Å². The maximum Gasteiger partial charge on any atom is 0.336 e. The number of anilines is 1. The van der Waals surface area contributed by atoms with Gasteiger partial charge in [-0.15, -0.1) is 0 Å². The monoisotopic (exact) mass is 274 g/mol. The summed E-state index contributed by atoms with van der Waals surface area (Å²) < 4.78 is 0. The summed E-state index contributed by atoms with van der Waals surface area (Å²) in [7, 11) is 0. The standard InChI is InChI=1S/C15H18N2O3/c1-10-4-3-7-17(9-10)15(20)16-12-6-5-11(2)13(8-12)14(18)19/h4-6,8H,3,7,9H2,1-2H3,(H,16,20)(H,18,19). The molecule has 20 heavy (non-hydrogen) atoms. The third-order valence-electron chi connectivity index (χ3n) is 3.34. The first-order chi connectivity index (χ1) is 9.47. The van der Waals surface area contributed by atoms with Gasteiger partial charge in [-0.05, 0) is 38.0 Å². The number of rotatable bonds is 2. The molecule has 5 nitrogen and oxygen atoms in total. The molecule has 1 heterocycles. The van der Waals surface area contributed by atoms with Gasteiger partial charge in [0.25, 0.3) is 0 Å². The Morgan fingerprint density at radius 3 is 2.70 bits per heavy atom. The van der Waals surface area contributed by atoms with Gasteiger partial charge in [0.15, 0.2) is 0 Å². The van der Waals surface area contributed by atoms with Crippen molar-refractivity contribution >= 4 is 17.7 Å². The molecule has 0 spiro atoms. The summed E-state index contributed by atoms with van der Waals surface area (Å²) >= 11 is 0. The molecule has 0 bridgehead atoms. The molecule has 0 unspecified atom stereocenters. The molecule has 0 radical (unpaired) electrons. The molecular formula is C15H18N2O3. The lowest BCUT2D eigenvalue weighted by molar-refractivity contribution is 0.0696. The van der Waals surface area contributed by atoms with Gasteiger partial charge in [-0.25, -0.2) is 9.59 Å². The lowest BCUT2D eigenvalue weighted by Crippen LogP contribution is -2.38. The van der Waals surface area contributed by atoms with E-state index in [0.29, 0.717) is 24.3 Å². The van der Waals surface area contributed by atoms with Crippen LogP contribution in [0.1, 0.15) is 29.3 Å². The lowest BCUT2D eigenvalue weighted by Gasteiger charge is -2.26. The van der Waals surface area contributed by atoms with Crippen molar-refractivity contribution in [2.45, 2.75) is 20.3 Å². The number of amides is 2. The van der Waals surface area contributed by atoms with Crippen LogP contribution in [0.3, 0.4) is 0 Å². The van der Waals surface area contributed by atoms with Crippen LogP contribution in [-0.4, -0.2) is 35.1 Å². The number of aromatic carboxylic acids is 1. The first-order valence-corrected chi connectivity index (χ1v) is 6.53. The third-order valence-corrected chi connectivity index (χ3v) is 3.34. The summed E-state index contributed by atoms with van der Waals surface area (Å²) in [5, 5.41) is 11.8. The Bertz CT molecular complexity index is 578. The highest BCUT2D eigenvalue weighted by molar-refractivity contribution is 5.94. The molecule has 0 aromatic heterocycles. The summed E-state index contributed by atoms with van der Waals surface area (Å²) in [5.41, 5.74) is 2.55. The number of hydrogen-bond acceptors (Lipinski definition) is 2. The zero-order chi connectivity index (χ0) is 14.7. The maximum absolute atomic E-state index is 12.1. The number of carboxylic acid groups (broad SMARTS) is 1. The summed E-state index contributed by atoms with van der Waals surface area (Å²) in [4.78, 5) is 24.9. The molecule has 1 aliphatic heterocycles. The molecule has 0 saturated heterocycles. The van der Waals surface area contributed by atoms with Crippen molar-refractivity contribution in [3.8, 4) is 0 Å². The Morgan fingerprint density at radius 2 is 2.05 bits per heavy atom. The highest BCUT2D eigenvalue weighted by atomic mass is 16.4. The molecule has 5 heteroatoms. The van der Waals surface area contributed by atoms with Crippen molar-refractivity contribution in [2.75, 3.05) is 18.4 Å². The molecule has 0 saturated carbocycles. The third kappa shape index (κ3) is 3.17. The van der Waals surface area contributed by atoms with E-state index in [0.717, 1.165) is 6.42 Å². The molecule has 1 aliphatic rings. The second-order valence-electron chi connectivity index (χ2n) is 5.03. The predicted octanol–water partition coefficient (Wildman–Crippen LogP) is 2.88. The van der Waals surface area contributed by atoms with E-state index in [-0.39, 0.29) is 11.6 Å². The Morgan fingerprint density at radius 1 is 1.30 bits per heavy atom. The summed E-state index contributed by atoms with van der Waals surface area (Å²) in [6.07, 6.45) is 2.98. The minimum absolute atomic E-state index is 0.197. The molecule has 2 N–H and O–H groups in total. The molecule has 2 amide bonds. The molecule has 1 aromatic carbocycles. The van der Waals surface area contributed by atoms with Gasteiger partial charge in [0, 0.05) is 18.8 Å². The number of carbonyl (C=O) groups is 2. The fourth-order valence-corrected chi connectivity index (χ4v) is 2.22. The Kier molecular flexibility index (Phi) is 4.08. The minimum Gasteiger partial charge on any atom is -0.478 e. The molecule has 0 atom stereocenters. The number of benzene rings is 1. The Balaban J connectivity index is 2.10. The Hall–Kier alpha value is -2.30. The minimum atomic E-state index is -0.990. The fourth-order valence-electron chi connectivity index (χ4n) is 2.22. The van der Waals surface area contributed by atoms with Crippen LogP contribution in [0.2, 0.25) is 0 Å². The number of nitrogens with zero attached hydrogens (tertiary/aromatic N) is 1. The number of hydrogen-bond donors (Lipinski definition) is 2. The van der Waals surface area contributed by atoms with Gasteiger partial charge in [0.2, 0.25) is 0 Å². The first-order valence-electron chi connectivity index (χ1n) is 6.53. The number of aryl methyl sites for hydroxylation is 1. The molecule has 2 rings (SSSR count). The number of urea groups is 1. The lowest BCUT2D eigenvalue weighted by atomic mass is 10.1. The number of carboxylic acids is 1. The van der Waals surface area contributed by atoms with E-state index in [1.54, 1.807) is 24.0 Å². The van der Waals surface area contributed by atoms with Crippen LogP contribution in [0.15, 0.2) is 29.8 Å². The van der Waals surface area contributed by atoms with Crippen LogP contribution in [0.4, 0.5) is 10.5 Å². The van der Waals surface area contributed by atoms with E-state index in [9.17, 15) is 9.59 Å². The van der Waals surface area contributed by atoms with Gasteiger partial charge in [-0.1, -0.05) is 17.7 Å². The fraction of sp³-hybridized carbons (Fsp3) is 0.333. The van der Waals surface area contributed by atoms with E-state index in [1.165, 1.54) is 11.6 Å². The molecular weight excluding hydrogens is 256 g/mol. The number of carbonyl (C=O) groups excluding carboxylic acids is 1. The second kappa shape index (κ2) is 5.77. The molecule has 106 valence electrons. The van der Waals surface area contributed by atoms with Crippen molar-refractivity contribution in [2.24, 2.45) is 0 Å². The van der Waals surface area contributed by atoms with E-state index in [4.69, 9.17) is 5.11 Å². The highest BCUT2D eigenvalue weighted by Crippen LogP contribution is 2.17. The predicted molar refractivity (Wildman–Crippen MR) is 77.1 cm³/mol. The van der Waals surface area contributed by atoms with Crippen molar-refractivity contribution in [1.29, 1.82) is 0 Å². The van der Waals surface area contributed by atoms with E-state index < -0.39 is 5.97 Å². The number of nitrogens with one attached hydrogen (secondary N) is 1. The van der Waals surface area contributed by atoms with Crippen LogP contribution in [0, 0.1) is 6.92 Å². The van der Waals surface area contributed by atoms with Gasteiger partial charge in [-0.3, -0.25) is 0 Å². The van der Waals surface area contributed by atoms with Gasteiger partial charge in [0.1, 0.15) is 0 Å². The largest absolute Gasteiger partial charge is 0.478 e. The second-order valence-corrected chi connectivity index (χ2v) is 5.03. The SMILES string of the molecule is CC1=CCCN(C(=O)Nc2ccc(C)c(C(=O)O)c2)C1.